The van der Waals surface area contributed by atoms with E-state index in [1.807, 2.05) is 29.9 Å². The minimum absolute atomic E-state index is 0.133. The van der Waals surface area contributed by atoms with Crippen LogP contribution in [0.3, 0.4) is 0 Å². The van der Waals surface area contributed by atoms with E-state index in [1.165, 1.54) is 6.07 Å². The molecule has 0 saturated carbocycles. The van der Waals surface area contributed by atoms with E-state index in [4.69, 9.17) is 0 Å². The van der Waals surface area contributed by atoms with Crippen molar-refractivity contribution in [1.82, 2.24) is 14.9 Å². The number of benzene rings is 1. The molecule has 0 atom stereocenters. The van der Waals surface area contributed by atoms with Gasteiger partial charge in [0.25, 0.3) is 0 Å². The molecule has 17 heavy (non-hydrogen) atoms. The van der Waals surface area contributed by atoms with Gasteiger partial charge in [0.2, 0.25) is 0 Å². The summed E-state index contributed by atoms with van der Waals surface area (Å²) in [6, 6.07) is 6.88. The zero-order valence-corrected chi connectivity index (χ0v) is 9.86. The van der Waals surface area contributed by atoms with Gasteiger partial charge in [-0.25, -0.2) is 9.37 Å². The predicted octanol–water partition coefficient (Wildman–Crippen LogP) is 1.89. The van der Waals surface area contributed by atoms with Crippen molar-refractivity contribution < 1.29 is 4.39 Å². The van der Waals surface area contributed by atoms with Crippen molar-refractivity contribution >= 4 is 0 Å². The summed E-state index contributed by atoms with van der Waals surface area (Å²) in [5, 5.41) is 3.25. The Bertz CT molecular complexity index is 479. The first-order valence-corrected chi connectivity index (χ1v) is 5.67. The molecule has 1 aromatic heterocycles. The second kappa shape index (κ2) is 5.59. The molecule has 0 spiro atoms. The highest BCUT2D eigenvalue weighted by Gasteiger charge is 2.01. The van der Waals surface area contributed by atoms with E-state index in [-0.39, 0.29) is 5.82 Å². The van der Waals surface area contributed by atoms with Crippen molar-refractivity contribution in [3.8, 4) is 0 Å². The summed E-state index contributed by atoms with van der Waals surface area (Å²) >= 11 is 0. The second-order valence-electron chi connectivity index (χ2n) is 3.97. The summed E-state index contributed by atoms with van der Waals surface area (Å²) in [5.41, 5.74) is 0.750. The third kappa shape index (κ3) is 3.14. The molecule has 1 N–H and O–H groups in total. The van der Waals surface area contributed by atoms with Gasteiger partial charge < -0.3 is 9.88 Å². The first kappa shape index (κ1) is 11.8. The van der Waals surface area contributed by atoms with Gasteiger partial charge in [0.1, 0.15) is 11.6 Å². The Balaban J connectivity index is 1.77. The largest absolute Gasteiger partial charge is 0.337 e. The van der Waals surface area contributed by atoms with Crippen LogP contribution in [0.25, 0.3) is 0 Å². The SMILES string of the molecule is Cn1ccnc1CNCCc1ccccc1F. The molecule has 0 aliphatic rings. The number of nitrogens with zero attached hydrogens (tertiary/aromatic N) is 2. The molecule has 0 fully saturated rings. The van der Waals surface area contributed by atoms with Crippen LogP contribution in [0.4, 0.5) is 4.39 Å². The zero-order valence-electron chi connectivity index (χ0n) is 9.86. The minimum Gasteiger partial charge on any atom is -0.337 e. The Hall–Kier alpha value is -1.68. The average Bonchev–Trinajstić information content (AvgIpc) is 2.73. The van der Waals surface area contributed by atoms with Crippen LogP contribution in [-0.4, -0.2) is 16.1 Å². The number of hydrogen-bond donors (Lipinski definition) is 1. The molecule has 2 rings (SSSR count). The first-order chi connectivity index (χ1) is 8.27. The number of nitrogens with one attached hydrogen (secondary N) is 1. The minimum atomic E-state index is -0.133. The Kier molecular flexibility index (Phi) is 3.88. The normalized spacial score (nSPS) is 10.7. The van der Waals surface area contributed by atoms with Crippen molar-refractivity contribution in [2.45, 2.75) is 13.0 Å². The standard InChI is InChI=1S/C13H16FN3/c1-17-9-8-16-13(17)10-15-7-6-11-4-2-3-5-12(11)14/h2-5,8-9,15H,6-7,10H2,1H3. The summed E-state index contributed by atoms with van der Waals surface area (Å²) < 4.78 is 15.3. The maximum Gasteiger partial charge on any atom is 0.126 e. The molecule has 0 saturated heterocycles. The summed E-state index contributed by atoms with van der Waals surface area (Å²) in [5.74, 6) is 0.852. The molecule has 2 aromatic rings. The van der Waals surface area contributed by atoms with Gasteiger partial charge in [-0.1, -0.05) is 18.2 Å². The lowest BCUT2D eigenvalue weighted by molar-refractivity contribution is 0.591. The van der Waals surface area contributed by atoms with Crippen molar-refractivity contribution in [3.63, 3.8) is 0 Å². The fourth-order valence-corrected chi connectivity index (χ4v) is 1.69. The number of aryl methyl sites for hydroxylation is 1. The Morgan fingerprint density at radius 3 is 2.88 bits per heavy atom. The molecule has 0 amide bonds. The van der Waals surface area contributed by atoms with Crippen LogP contribution in [0.1, 0.15) is 11.4 Å². The van der Waals surface area contributed by atoms with Crippen molar-refractivity contribution in [1.29, 1.82) is 0 Å². The van der Waals surface area contributed by atoms with E-state index in [2.05, 4.69) is 10.3 Å². The number of hydrogen-bond acceptors (Lipinski definition) is 2. The summed E-state index contributed by atoms with van der Waals surface area (Å²) in [4.78, 5) is 4.20. The summed E-state index contributed by atoms with van der Waals surface area (Å²) in [7, 11) is 1.96. The molecule has 1 aromatic carbocycles. The van der Waals surface area contributed by atoms with E-state index >= 15 is 0 Å². The molecule has 0 aliphatic heterocycles. The van der Waals surface area contributed by atoms with E-state index in [0.29, 0.717) is 13.0 Å². The molecule has 4 heteroatoms. The van der Waals surface area contributed by atoms with Gasteiger partial charge in [-0.2, -0.15) is 0 Å². The zero-order chi connectivity index (χ0) is 12.1. The molecule has 90 valence electrons. The molecule has 0 radical (unpaired) electrons. The highest BCUT2D eigenvalue weighted by atomic mass is 19.1. The number of imidazole rings is 1. The van der Waals surface area contributed by atoms with Crippen molar-refractivity contribution in [2.75, 3.05) is 6.54 Å². The maximum absolute atomic E-state index is 13.3. The Morgan fingerprint density at radius 1 is 1.35 bits per heavy atom. The van der Waals surface area contributed by atoms with Crippen LogP contribution >= 0.6 is 0 Å². The van der Waals surface area contributed by atoms with Gasteiger partial charge in [0.05, 0.1) is 6.54 Å². The Labute approximate surface area is 100 Å². The lowest BCUT2D eigenvalue weighted by Gasteiger charge is -2.05. The Morgan fingerprint density at radius 2 is 2.18 bits per heavy atom. The van der Waals surface area contributed by atoms with Crippen LogP contribution in [0, 0.1) is 5.82 Å². The van der Waals surface area contributed by atoms with E-state index in [9.17, 15) is 4.39 Å². The first-order valence-electron chi connectivity index (χ1n) is 5.67. The van der Waals surface area contributed by atoms with Gasteiger partial charge in [-0.3, -0.25) is 0 Å². The van der Waals surface area contributed by atoms with Gasteiger partial charge >= 0.3 is 0 Å². The summed E-state index contributed by atoms with van der Waals surface area (Å²) in [6.07, 6.45) is 4.37. The smallest absolute Gasteiger partial charge is 0.126 e. The molecular formula is C13H16FN3. The molecular weight excluding hydrogens is 217 g/mol. The van der Waals surface area contributed by atoms with Gasteiger partial charge in [0.15, 0.2) is 0 Å². The maximum atomic E-state index is 13.3. The lowest BCUT2D eigenvalue weighted by Crippen LogP contribution is -2.19. The van der Waals surface area contributed by atoms with Crippen LogP contribution in [0.2, 0.25) is 0 Å². The van der Waals surface area contributed by atoms with Crippen LogP contribution < -0.4 is 5.32 Å². The van der Waals surface area contributed by atoms with Gasteiger partial charge in [-0.15, -0.1) is 0 Å². The number of rotatable bonds is 5. The van der Waals surface area contributed by atoms with Crippen LogP contribution in [0.15, 0.2) is 36.7 Å². The quantitative estimate of drug-likeness (QED) is 0.799. The van der Waals surface area contributed by atoms with E-state index in [0.717, 1.165) is 17.9 Å². The molecule has 1 heterocycles. The third-order valence-corrected chi connectivity index (χ3v) is 2.73. The van der Waals surface area contributed by atoms with Crippen LogP contribution in [-0.2, 0) is 20.0 Å². The topological polar surface area (TPSA) is 29.9 Å². The lowest BCUT2D eigenvalue weighted by atomic mass is 10.1. The van der Waals surface area contributed by atoms with E-state index < -0.39 is 0 Å². The fourth-order valence-electron chi connectivity index (χ4n) is 1.69. The third-order valence-electron chi connectivity index (χ3n) is 2.73. The molecule has 3 nitrogen and oxygen atoms in total. The van der Waals surface area contributed by atoms with Gasteiger partial charge in [0, 0.05) is 19.4 Å². The van der Waals surface area contributed by atoms with Gasteiger partial charge in [-0.05, 0) is 24.6 Å². The number of halogens is 1. The van der Waals surface area contributed by atoms with E-state index in [1.54, 1.807) is 12.3 Å². The average molecular weight is 233 g/mol. The van der Waals surface area contributed by atoms with Crippen molar-refractivity contribution in [3.05, 3.63) is 53.9 Å². The molecule has 0 aliphatic carbocycles. The molecule has 0 unspecified atom stereocenters. The highest BCUT2D eigenvalue weighted by Crippen LogP contribution is 2.06. The molecule has 0 bridgehead atoms. The second-order valence-corrected chi connectivity index (χ2v) is 3.97. The fraction of sp³-hybridized carbons (Fsp3) is 0.308. The van der Waals surface area contributed by atoms with Crippen LogP contribution in [0.5, 0.6) is 0 Å². The monoisotopic (exact) mass is 233 g/mol. The predicted molar refractivity (Wildman–Crippen MR) is 65.0 cm³/mol. The van der Waals surface area contributed by atoms with Crippen molar-refractivity contribution in [2.24, 2.45) is 7.05 Å². The number of aromatic nitrogens is 2. The summed E-state index contributed by atoms with van der Waals surface area (Å²) in [6.45, 7) is 1.45. The highest BCUT2D eigenvalue weighted by molar-refractivity contribution is 5.17.